The van der Waals surface area contributed by atoms with Gasteiger partial charge >= 0.3 is 6.18 Å². The average Bonchev–Trinajstić information content (AvgIpc) is 2.46. The van der Waals surface area contributed by atoms with E-state index in [1.807, 2.05) is 24.3 Å². The molecule has 0 spiro atoms. The molecule has 4 heteroatoms. The Kier molecular flexibility index (Phi) is 3.40. The van der Waals surface area contributed by atoms with E-state index in [1.165, 1.54) is 12.1 Å². The van der Waals surface area contributed by atoms with Crippen LogP contribution in [0.5, 0.6) is 0 Å². The molecule has 1 atom stereocenters. The Labute approximate surface area is 121 Å². The fourth-order valence-electron chi connectivity index (χ4n) is 3.03. The lowest BCUT2D eigenvalue weighted by Crippen LogP contribution is -2.18. The van der Waals surface area contributed by atoms with Crippen LogP contribution in [0.25, 0.3) is 0 Å². The predicted molar refractivity (Wildman–Crippen MR) is 77.6 cm³/mol. The maximum Gasteiger partial charge on any atom is 0.416 e. The Balaban J connectivity index is 2.03. The Morgan fingerprint density at radius 1 is 1.05 bits per heavy atom. The molecular formula is C17H16F3N. The number of aryl methyl sites for hydroxylation is 1. The van der Waals surface area contributed by atoms with Gasteiger partial charge in [-0.1, -0.05) is 24.3 Å². The summed E-state index contributed by atoms with van der Waals surface area (Å²) in [6.45, 7) is 2.59. The minimum Gasteiger partial charge on any atom is -0.385 e. The molecule has 1 aliphatic rings. The number of hydrogen-bond donors (Lipinski definition) is 1. The zero-order chi connectivity index (χ0) is 15.0. The Bertz CT molecular complexity index is 661. The molecule has 0 fully saturated rings. The van der Waals surface area contributed by atoms with Gasteiger partial charge in [0.1, 0.15) is 0 Å². The van der Waals surface area contributed by atoms with Crippen LogP contribution in [0.1, 0.15) is 34.6 Å². The summed E-state index contributed by atoms with van der Waals surface area (Å²) in [4.78, 5) is 0. The molecule has 1 nitrogen and oxygen atoms in total. The molecule has 0 aromatic heterocycles. The molecule has 1 aliphatic heterocycles. The van der Waals surface area contributed by atoms with Gasteiger partial charge in [-0.05, 0) is 48.2 Å². The molecule has 0 saturated heterocycles. The van der Waals surface area contributed by atoms with Gasteiger partial charge in [0.15, 0.2) is 0 Å². The highest BCUT2D eigenvalue weighted by Crippen LogP contribution is 2.39. The molecule has 1 unspecified atom stereocenters. The van der Waals surface area contributed by atoms with Crippen molar-refractivity contribution < 1.29 is 13.2 Å². The van der Waals surface area contributed by atoms with Crippen molar-refractivity contribution in [2.24, 2.45) is 0 Å². The van der Waals surface area contributed by atoms with Crippen molar-refractivity contribution in [1.82, 2.24) is 0 Å². The maximum absolute atomic E-state index is 12.8. The number of alkyl halides is 3. The van der Waals surface area contributed by atoms with Gasteiger partial charge in [-0.25, -0.2) is 0 Å². The van der Waals surface area contributed by atoms with Crippen molar-refractivity contribution in [2.75, 3.05) is 11.9 Å². The molecular weight excluding hydrogens is 275 g/mol. The van der Waals surface area contributed by atoms with Crippen LogP contribution in [0.15, 0.2) is 42.5 Å². The molecule has 2 aromatic rings. The van der Waals surface area contributed by atoms with Gasteiger partial charge in [0.05, 0.1) is 5.56 Å². The number of nitrogens with one attached hydrogen (secondary N) is 1. The lowest BCUT2D eigenvalue weighted by molar-refractivity contribution is -0.137. The zero-order valence-corrected chi connectivity index (χ0v) is 11.7. The van der Waals surface area contributed by atoms with Crippen molar-refractivity contribution in [3.63, 3.8) is 0 Å². The van der Waals surface area contributed by atoms with Gasteiger partial charge in [-0.15, -0.1) is 0 Å². The topological polar surface area (TPSA) is 12.0 Å². The van der Waals surface area contributed by atoms with Crippen LogP contribution < -0.4 is 5.32 Å². The number of para-hydroxylation sites is 1. The van der Waals surface area contributed by atoms with Gasteiger partial charge in [0, 0.05) is 18.2 Å². The zero-order valence-electron chi connectivity index (χ0n) is 11.7. The van der Waals surface area contributed by atoms with Gasteiger partial charge in [0.2, 0.25) is 0 Å². The normalized spacial score (nSPS) is 18.0. The molecule has 0 radical (unpaired) electrons. The van der Waals surface area contributed by atoms with Crippen molar-refractivity contribution in [1.29, 1.82) is 0 Å². The molecule has 3 rings (SSSR count). The first-order valence-electron chi connectivity index (χ1n) is 6.97. The van der Waals surface area contributed by atoms with Gasteiger partial charge in [0.25, 0.3) is 0 Å². The lowest BCUT2D eigenvalue weighted by atomic mass is 9.83. The maximum atomic E-state index is 12.8. The van der Waals surface area contributed by atoms with Crippen LogP contribution >= 0.6 is 0 Å². The first-order valence-corrected chi connectivity index (χ1v) is 6.97. The largest absolute Gasteiger partial charge is 0.416 e. The smallest absolute Gasteiger partial charge is 0.385 e. The van der Waals surface area contributed by atoms with Gasteiger partial charge in [-0.3, -0.25) is 0 Å². The Hall–Kier alpha value is -1.97. The SMILES string of the molecule is Cc1cc(C(F)(F)F)ccc1C1CCNc2ccccc21. The van der Waals surface area contributed by atoms with E-state index in [0.717, 1.165) is 29.8 Å². The Morgan fingerprint density at radius 3 is 2.52 bits per heavy atom. The summed E-state index contributed by atoms with van der Waals surface area (Å²) in [7, 11) is 0. The fourth-order valence-corrected chi connectivity index (χ4v) is 3.03. The number of halogens is 3. The lowest BCUT2D eigenvalue weighted by Gasteiger charge is -2.28. The van der Waals surface area contributed by atoms with Crippen LogP contribution in [0.4, 0.5) is 18.9 Å². The summed E-state index contributed by atoms with van der Waals surface area (Å²) in [6.07, 6.45) is -3.39. The molecule has 1 heterocycles. The molecule has 0 aliphatic carbocycles. The number of anilines is 1. The van der Waals surface area contributed by atoms with Crippen molar-refractivity contribution in [3.05, 3.63) is 64.7 Å². The molecule has 0 saturated carbocycles. The second kappa shape index (κ2) is 5.10. The minimum atomic E-state index is -4.28. The first-order chi connectivity index (χ1) is 9.97. The van der Waals surface area contributed by atoms with Crippen molar-refractivity contribution >= 4 is 5.69 Å². The molecule has 110 valence electrons. The van der Waals surface area contributed by atoms with Crippen LogP contribution in [-0.4, -0.2) is 6.54 Å². The van der Waals surface area contributed by atoms with Gasteiger partial charge < -0.3 is 5.32 Å². The van der Waals surface area contributed by atoms with E-state index in [1.54, 1.807) is 13.0 Å². The predicted octanol–water partition coefficient (Wildman–Crippen LogP) is 4.96. The van der Waals surface area contributed by atoms with Crippen LogP contribution in [0.2, 0.25) is 0 Å². The average molecular weight is 291 g/mol. The quantitative estimate of drug-likeness (QED) is 0.783. The van der Waals surface area contributed by atoms with Gasteiger partial charge in [-0.2, -0.15) is 13.2 Å². The van der Waals surface area contributed by atoms with Crippen LogP contribution in [0.3, 0.4) is 0 Å². The molecule has 21 heavy (non-hydrogen) atoms. The van der Waals surface area contributed by atoms with E-state index < -0.39 is 11.7 Å². The second-order valence-electron chi connectivity index (χ2n) is 5.42. The third kappa shape index (κ3) is 2.62. The van der Waals surface area contributed by atoms with E-state index in [0.29, 0.717) is 5.56 Å². The van der Waals surface area contributed by atoms with E-state index >= 15 is 0 Å². The van der Waals surface area contributed by atoms with Crippen molar-refractivity contribution in [3.8, 4) is 0 Å². The monoisotopic (exact) mass is 291 g/mol. The summed E-state index contributed by atoms with van der Waals surface area (Å²) < 4.78 is 38.3. The Morgan fingerprint density at radius 2 is 1.81 bits per heavy atom. The summed E-state index contributed by atoms with van der Waals surface area (Å²) in [5.74, 6) is 0.157. The van der Waals surface area contributed by atoms with Crippen LogP contribution in [0, 0.1) is 6.92 Å². The molecule has 1 N–H and O–H groups in total. The minimum absolute atomic E-state index is 0.157. The third-order valence-corrected chi connectivity index (χ3v) is 4.06. The van der Waals surface area contributed by atoms with Crippen LogP contribution in [-0.2, 0) is 6.18 Å². The number of benzene rings is 2. The van der Waals surface area contributed by atoms with E-state index in [4.69, 9.17) is 0 Å². The summed E-state index contributed by atoms with van der Waals surface area (Å²) >= 11 is 0. The second-order valence-corrected chi connectivity index (χ2v) is 5.42. The number of hydrogen-bond acceptors (Lipinski definition) is 1. The van der Waals surface area contributed by atoms with Crippen molar-refractivity contribution in [2.45, 2.75) is 25.4 Å². The molecule has 2 aromatic carbocycles. The third-order valence-electron chi connectivity index (χ3n) is 4.06. The summed E-state index contributed by atoms with van der Waals surface area (Å²) in [5, 5.41) is 3.34. The highest BCUT2D eigenvalue weighted by molar-refractivity contribution is 5.58. The van der Waals surface area contributed by atoms with E-state index in [2.05, 4.69) is 5.32 Å². The van der Waals surface area contributed by atoms with E-state index in [9.17, 15) is 13.2 Å². The molecule has 0 amide bonds. The number of fused-ring (bicyclic) bond motifs is 1. The highest BCUT2D eigenvalue weighted by atomic mass is 19.4. The van der Waals surface area contributed by atoms with E-state index in [-0.39, 0.29) is 5.92 Å². The highest BCUT2D eigenvalue weighted by Gasteiger charge is 2.31. The number of rotatable bonds is 1. The summed E-state index contributed by atoms with van der Waals surface area (Å²) in [5.41, 5.74) is 3.34. The standard InChI is InChI=1S/C17H16F3N/c1-11-10-12(17(18,19)20)6-7-13(11)14-8-9-21-16-5-3-2-4-15(14)16/h2-7,10,14,21H,8-9H2,1H3. The molecule has 0 bridgehead atoms. The fraction of sp³-hybridized carbons (Fsp3) is 0.294. The summed E-state index contributed by atoms with van der Waals surface area (Å²) in [6, 6.07) is 12.1. The first kappa shape index (κ1) is 14.0.